The van der Waals surface area contributed by atoms with Crippen LogP contribution in [0.25, 0.3) is 11.3 Å². The number of benzene rings is 2. The molecule has 25 heavy (non-hydrogen) atoms. The molecule has 1 amide bonds. The summed E-state index contributed by atoms with van der Waals surface area (Å²) in [4.78, 5) is 12.5. The minimum absolute atomic E-state index is 0.121. The van der Waals surface area contributed by atoms with Crippen molar-refractivity contribution in [2.24, 2.45) is 0 Å². The number of hydrogen-bond acceptors (Lipinski definition) is 3. The van der Waals surface area contributed by atoms with E-state index in [1.54, 1.807) is 24.3 Å². The molecule has 0 radical (unpaired) electrons. The summed E-state index contributed by atoms with van der Waals surface area (Å²) in [6, 6.07) is 14.5. The molecule has 0 bridgehead atoms. The second kappa shape index (κ2) is 6.81. The van der Waals surface area contributed by atoms with Gasteiger partial charge in [0.25, 0.3) is 5.91 Å². The molecule has 1 heterocycles. The number of hydrogen-bond donors (Lipinski definition) is 3. The zero-order valence-electron chi connectivity index (χ0n) is 14.5. The van der Waals surface area contributed by atoms with Gasteiger partial charge in [0.05, 0.1) is 11.7 Å². The third kappa shape index (κ3) is 3.40. The van der Waals surface area contributed by atoms with E-state index in [9.17, 15) is 9.90 Å². The number of rotatable bonds is 4. The van der Waals surface area contributed by atoms with Gasteiger partial charge in [-0.1, -0.05) is 30.3 Å². The highest BCUT2D eigenvalue weighted by Crippen LogP contribution is 2.27. The zero-order chi connectivity index (χ0) is 18.0. The lowest BCUT2D eigenvalue weighted by Gasteiger charge is -2.17. The van der Waals surface area contributed by atoms with Crippen LogP contribution in [0.3, 0.4) is 0 Å². The molecule has 5 heteroatoms. The fourth-order valence-electron chi connectivity index (χ4n) is 2.86. The molecule has 3 rings (SSSR count). The number of aromatic amines is 1. The maximum Gasteiger partial charge on any atom is 0.269 e. The standard InChI is InChI=1S/C20H21N3O2/c1-12-7-6-9-15(13(12)2)14(3)21-20(25)18-11-17(22-23-18)16-8-4-5-10-19(16)24/h4-11,14,24H,1-3H3,(H,21,25)(H,22,23). The predicted molar refractivity (Wildman–Crippen MR) is 97.5 cm³/mol. The summed E-state index contributed by atoms with van der Waals surface area (Å²) in [7, 11) is 0. The van der Waals surface area contributed by atoms with Gasteiger partial charge in [0.1, 0.15) is 11.4 Å². The van der Waals surface area contributed by atoms with E-state index in [1.165, 1.54) is 11.1 Å². The number of aromatic nitrogens is 2. The summed E-state index contributed by atoms with van der Waals surface area (Å²) < 4.78 is 0. The van der Waals surface area contributed by atoms with Gasteiger partial charge < -0.3 is 10.4 Å². The number of aromatic hydroxyl groups is 1. The average Bonchev–Trinajstić information content (AvgIpc) is 3.07. The monoisotopic (exact) mass is 335 g/mol. The molecule has 0 aliphatic carbocycles. The number of phenolic OH excluding ortho intramolecular Hbond substituents is 1. The van der Waals surface area contributed by atoms with E-state index in [-0.39, 0.29) is 17.7 Å². The Kier molecular flexibility index (Phi) is 4.57. The molecular weight excluding hydrogens is 314 g/mol. The van der Waals surface area contributed by atoms with Crippen LogP contribution in [0.15, 0.2) is 48.5 Å². The molecule has 3 aromatic rings. The van der Waals surface area contributed by atoms with E-state index in [2.05, 4.69) is 35.4 Å². The van der Waals surface area contributed by atoms with Crippen molar-refractivity contribution in [2.45, 2.75) is 26.8 Å². The SMILES string of the molecule is Cc1cccc(C(C)NC(=O)c2cc(-c3ccccc3O)n[nH]2)c1C. The largest absolute Gasteiger partial charge is 0.507 e. The van der Waals surface area contributed by atoms with Crippen LogP contribution in [0.2, 0.25) is 0 Å². The van der Waals surface area contributed by atoms with E-state index in [0.29, 0.717) is 17.0 Å². The first-order chi connectivity index (χ1) is 12.0. The molecule has 5 nitrogen and oxygen atoms in total. The molecule has 1 aromatic heterocycles. The molecule has 128 valence electrons. The summed E-state index contributed by atoms with van der Waals surface area (Å²) in [6.45, 7) is 6.07. The highest BCUT2D eigenvalue weighted by Gasteiger charge is 2.17. The molecule has 0 fully saturated rings. The Morgan fingerprint density at radius 3 is 2.68 bits per heavy atom. The number of aryl methyl sites for hydroxylation is 1. The van der Waals surface area contributed by atoms with Crippen molar-refractivity contribution in [3.05, 3.63) is 70.9 Å². The van der Waals surface area contributed by atoms with E-state index in [1.807, 2.05) is 25.1 Å². The number of para-hydroxylation sites is 1. The van der Waals surface area contributed by atoms with Gasteiger partial charge in [-0.3, -0.25) is 9.89 Å². The van der Waals surface area contributed by atoms with Crippen LogP contribution in [0.1, 0.15) is 40.1 Å². The van der Waals surface area contributed by atoms with Crippen LogP contribution in [0, 0.1) is 13.8 Å². The fraction of sp³-hybridized carbons (Fsp3) is 0.200. The smallest absolute Gasteiger partial charge is 0.269 e. The van der Waals surface area contributed by atoms with Crippen molar-refractivity contribution in [3.63, 3.8) is 0 Å². The number of carbonyl (C=O) groups is 1. The predicted octanol–water partition coefficient (Wildman–Crippen LogP) is 3.89. The molecule has 1 unspecified atom stereocenters. The van der Waals surface area contributed by atoms with Crippen molar-refractivity contribution in [3.8, 4) is 17.0 Å². The number of amides is 1. The lowest BCUT2D eigenvalue weighted by molar-refractivity contribution is 0.0934. The maximum atomic E-state index is 12.5. The molecular formula is C20H21N3O2. The number of phenols is 1. The Morgan fingerprint density at radius 1 is 1.16 bits per heavy atom. The Labute approximate surface area is 146 Å². The van der Waals surface area contributed by atoms with Crippen molar-refractivity contribution in [1.82, 2.24) is 15.5 Å². The summed E-state index contributed by atoms with van der Waals surface area (Å²) >= 11 is 0. The van der Waals surface area contributed by atoms with Crippen molar-refractivity contribution in [1.29, 1.82) is 0 Å². The van der Waals surface area contributed by atoms with Crippen molar-refractivity contribution < 1.29 is 9.90 Å². The van der Waals surface area contributed by atoms with E-state index in [0.717, 1.165) is 5.56 Å². The first-order valence-corrected chi connectivity index (χ1v) is 8.18. The summed E-state index contributed by atoms with van der Waals surface area (Å²) in [5, 5.41) is 19.8. The summed E-state index contributed by atoms with van der Waals surface area (Å²) in [6.07, 6.45) is 0. The second-order valence-corrected chi connectivity index (χ2v) is 6.17. The van der Waals surface area contributed by atoms with Crippen LogP contribution in [0.5, 0.6) is 5.75 Å². The van der Waals surface area contributed by atoms with Crippen molar-refractivity contribution in [2.75, 3.05) is 0 Å². The molecule has 3 N–H and O–H groups in total. The number of nitrogens with zero attached hydrogens (tertiary/aromatic N) is 1. The van der Waals surface area contributed by atoms with E-state index < -0.39 is 0 Å². The van der Waals surface area contributed by atoms with Gasteiger partial charge in [0.2, 0.25) is 0 Å². The van der Waals surface area contributed by atoms with Crippen molar-refractivity contribution >= 4 is 5.91 Å². The normalized spacial score (nSPS) is 12.0. The molecule has 0 spiro atoms. The first kappa shape index (κ1) is 16.8. The molecule has 1 atom stereocenters. The van der Waals surface area contributed by atoms with Gasteiger partial charge in [-0.2, -0.15) is 5.10 Å². The van der Waals surface area contributed by atoms with Crippen LogP contribution in [-0.4, -0.2) is 21.2 Å². The summed E-state index contributed by atoms with van der Waals surface area (Å²) in [5.41, 5.74) is 4.93. The van der Waals surface area contributed by atoms with Gasteiger partial charge in [0, 0.05) is 5.56 Å². The third-order valence-corrected chi connectivity index (χ3v) is 4.46. The zero-order valence-corrected chi connectivity index (χ0v) is 14.5. The van der Waals surface area contributed by atoms with Crippen LogP contribution in [0.4, 0.5) is 0 Å². The van der Waals surface area contributed by atoms with Crippen LogP contribution in [-0.2, 0) is 0 Å². The van der Waals surface area contributed by atoms with Gasteiger partial charge in [0.15, 0.2) is 0 Å². The van der Waals surface area contributed by atoms with Gasteiger partial charge in [-0.05, 0) is 55.7 Å². The molecule has 0 aliphatic heterocycles. The first-order valence-electron chi connectivity index (χ1n) is 8.18. The lowest BCUT2D eigenvalue weighted by atomic mass is 9.98. The molecule has 2 aromatic carbocycles. The van der Waals surface area contributed by atoms with Gasteiger partial charge >= 0.3 is 0 Å². The number of carbonyl (C=O) groups excluding carboxylic acids is 1. The highest BCUT2D eigenvalue weighted by atomic mass is 16.3. The maximum absolute atomic E-state index is 12.5. The van der Waals surface area contributed by atoms with E-state index in [4.69, 9.17) is 0 Å². The molecule has 0 saturated heterocycles. The Morgan fingerprint density at radius 2 is 1.92 bits per heavy atom. The van der Waals surface area contributed by atoms with Crippen LogP contribution >= 0.6 is 0 Å². The topological polar surface area (TPSA) is 78.0 Å². The van der Waals surface area contributed by atoms with Gasteiger partial charge in [-0.25, -0.2) is 0 Å². The lowest BCUT2D eigenvalue weighted by Crippen LogP contribution is -2.27. The Bertz CT molecular complexity index is 915. The van der Waals surface area contributed by atoms with Gasteiger partial charge in [-0.15, -0.1) is 0 Å². The Hall–Kier alpha value is -3.08. The average molecular weight is 335 g/mol. The number of H-pyrrole nitrogens is 1. The number of nitrogens with one attached hydrogen (secondary N) is 2. The summed E-state index contributed by atoms with van der Waals surface area (Å²) in [5.74, 6) is -0.104. The second-order valence-electron chi connectivity index (χ2n) is 6.17. The minimum Gasteiger partial charge on any atom is -0.507 e. The molecule has 0 saturated carbocycles. The third-order valence-electron chi connectivity index (χ3n) is 4.46. The molecule has 0 aliphatic rings. The van der Waals surface area contributed by atoms with E-state index >= 15 is 0 Å². The Balaban J connectivity index is 1.78. The highest BCUT2D eigenvalue weighted by molar-refractivity contribution is 5.93. The minimum atomic E-state index is -0.234. The fourth-order valence-corrected chi connectivity index (χ4v) is 2.86. The van der Waals surface area contributed by atoms with Crippen LogP contribution < -0.4 is 5.32 Å². The quantitative estimate of drug-likeness (QED) is 0.677.